The Hall–Kier alpha value is -2.11. The Morgan fingerprint density at radius 3 is 2.58 bits per heavy atom. The number of non-ortho nitro benzene ring substituents is 1. The summed E-state index contributed by atoms with van der Waals surface area (Å²) in [5.41, 5.74) is -0.0644. The number of aromatic carboxylic acids is 1. The molecule has 0 saturated heterocycles. The molecule has 1 aromatic rings. The molecule has 102 valence electrons. The van der Waals surface area contributed by atoms with Gasteiger partial charge < -0.3 is 10.4 Å². The van der Waals surface area contributed by atoms with Gasteiger partial charge in [-0.05, 0) is 38.7 Å². The smallest absolute Gasteiger partial charge is 0.338 e. The molecular weight excluding hydrogens is 248 g/mol. The summed E-state index contributed by atoms with van der Waals surface area (Å²) >= 11 is 0. The maximum Gasteiger partial charge on any atom is 0.338 e. The topological polar surface area (TPSA) is 92.5 Å². The fourth-order valence-electron chi connectivity index (χ4n) is 2.19. The second-order valence-electron chi connectivity index (χ2n) is 5.41. The lowest BCUT2D eigenvalue weighted by Gasteiger charge is -2.28. The lowest BCUT2D eigenvalue weighted by molar-refractivity contribution is -0.384. The van der Waals surface area contributed by atoms with Crippen molar-refractivity contribution in [1.82, 2.24) is 0 Å². The van der Waals surface area contributed by atoms with Crippen LogP contribution >= 0.6 is 0 Å². The summed E-state index contributed by atoms with van der Waals surface area (Å²) in [4.78, 5) is 21.3. The van der Waals surface area contributed by atoms with Gasteiger partial charge in [0.1, 0.15) is 0 Å². The van der Waals surface area contributed by atoms with Crippen LogP contribution in [0, 0.1) is 16.0 Å². The van der Waals surface area contributed by atoms with Gasteiger partial charge in [-0.15, -0.1) is 0 Å². The van der Waals surface area contributed by atoms with Crippen LogP contribution in [-0.2, 0) is 0 Å². The van der Waals surface area contributed by atoms with Crippen LogP contribution in [0.3, 0.4) is 0 Å². The number of benzene rings is 1. The Morgan fingerprint density at radius 2 is 2.11 bits per heavy atom. The van der Waals surface area contributed by atoms with E-state index in [0.29, 0.717) is 11.6 Å². The minimum Gasteiger partial charge on any atom is -0.478 e. The van der Waals surface area contributed by atoms with E-state index in [-0.39, 0.29) is 16.8 Å². The second-order valence-corrected chi connectivity index (χ2v) is 5.41. The van der Waals surface area contributed by atoms with Crippen molar-refractivity contribution in [3.05, 3.63) is 33.9 Å². The predicted octanol–water partition coefficient (Wildman–Crippen LogP) is 2.89. The SMILES string of the molecule is CC(C)(Nc1ccc([N+](=O)[O-])cc1C(=O)O)C1CC1. The lowest BCUT2D eigenvalue weighted by Crippen LogP contribution is -2.34. The minimum absolute atomic E-state index is 0.0667. The molecule has 0 spiro atoms. The predicted molar refractivity (Wildman–Crippen MR) is 70.5 cm³/mol. The molecule has 1 aromatic carbocycles. The molecule has 0 aromatic heterocycles. The molecule has 1 saturated carbocycles. The second kappa shape index (κ2) is 4.53. The van der Waals surface area contributed by atoms with Gasteiger partial charge in [-0.25, -0.2) is 4.79 Å². The van der Waals surface area contributed by atoms with Gasteiger partial charge >= 0.3 is 5.97 Å². The lowest BCUT2D eigenvalue weighted by atomic mass is 9.97. The van der Waals surface area contributed by atoms with E-state index in [1.54, 1.807) is 0 Å². The number of carbonyl (C=O) groups is 1. The summed E-state index contributed by atoms with van der Waals surface area (Å²) in [6, 6.07) is 3.87. The molecule has 0 heterocycles. The molecular formula is C13H16N2O4. The van der Waals surface area contributed by atoms with Crippen molar-refractivity contribution in [3.8, 4) is 0 Å². The molecule has 1 fully saturated rings. The molecule has 2 N–H and O–H groups in total. The standard InChI is InChI=1S/C13H16N2O4/c1-13(2,8-3-4-8)14-11-6-5-9(15(18)19)7-10(11)12(16)17/h5-8,14H,3-4H2,1-2H3,(H,16,17). The number of anilines is 1. The van der Waals surface area contributed by atoms with Crippen molar-refractivity contribution in [2.75, 3.05) is 5.32 Å². The quantitative estimate of drug-likeness (QED) is 0.630. The highest BCUT2D eigenvalue weighted by molar-refractivity contribution is 5.95. The molecule has 0 atom stereocenters. The zero-order chi connectivity index (χ0) is 14.2. The molecule has 19 heavy (non-hydrogen) atoms. The van der Waals surface area contributed by atoms with Gasteiger partial charge in [-0.1, -0.05) is 0 Å². The Labute approximate surface area is 110 Å². The van der Waals surface area contributed by atoms with Gasteiger partial charge in [0.15, 0.2) is 0 Å². The first-order valence-electron chi connectivity index (χ1n) is 6.11. The van der Waals surface area contributed by atoms with E-state index in [9.17, 15) is 14.9 Å². The summed E-state index contributed by atoms with van der Waals surface area (Å²) in [5.74, 6) is -0.651. The fourth-order valence-corrected chi connectivity index (χ4v) is 2.19. The zero-order valence-corrected chi connectivity index (χ0v) is 10.8. The number of carboxylic acids is 1. The maximum atomic E-state index is 11.2. The number of nitrogens with zero attached hydrogens (tertiary/aromatic N) is 1. The number of nitro groups is 1. The van der Waals surface area contributed by atoms with E-state index in [2.05, 4.69) is 5.32 Å². The Balaban J connectivity index is 2.34. The highest BCUT2D eigenvalue weighted by Gasteiger charge is 2.38. The third-order valence-electron chi connectivity index (χ3n) is 3.50. The molecule has 0 amide bonds. The Morgan fingerprint density at radius 1 is 1.47 bits per heavy atom. The normalized spacial score (nSPS) is 15.1. The van der Waals surface area contributed by atoms with Crippen LogP contribution in [0.15, 0.2) is 18.2 Å². The molecule has 0 unspecified atom stereocenters. The number of hydrogen-bond donors (Lipinski definition) is 2. The first-order valence-corrected chi connectivity index (χ1v) is 6.11. The monoisotopic (exact) mass is 264 g/mol. The maximum absolute atomic E-state index is 11.2. The molecule has 1 aliphatic carbocycles. The van der Waals surface area contributed by atoms with E-state index in [0.717, 1.165) is 18.9 Å². The molecule has 6 nitrogen and oxygen atoms in total. The molecule has 0 aliphatic heterocycles. The van der Waals surface area contributed by atoms with E-state index < -0.39 is 10.9 Å². The van der Waals surface area contributed by atoms with Crippen molar-refractivity contribution in [2.24, 2.45) is 5.92 Å². The van der Waals surface area contributed by atoms with Gasteiger partial charge in [0.25, 0.3) is 5.69 Å². The largest absolute Gasteiger partial charge is 0.478 e. The average Bonchev–Trinajstić information content (AvgIpc) is 3.12. The number of nitrogens with one attached hydrogen (secondary N) is 1. The van der Waals surface area contributed by atoms with E-state index in [1.165, 1.54) is 12.1 Å². The van der Waals surface area contributed by atoms with Crippen molar-refractivity contribution in [3.63, 3.8) is 0 Å². The fraction of sp³-hybridized carbons (Fsp3) is 0.462. The first kappa shape index (κ1) is 13.3. The van der Waals surface area contributed by atoms with Gasteiger partial charge in [0.05, 0.1) is 10.5 Å². The number of rotatable bonds is 5. The van der Waals surface area contributed by atoms with Gasteiger partial charge in [0.2, 0.25) is 0 Å². The molecule has 0 bridgehead atoms. The highest BCUT2D eigenvalue weighted by atomic mass is 16.6. The zero-order valence-electron chi connectivity index (χ0n) is 10.8. The first-order chi connectivity index (χ1) is 8.81. The van der Waals surface area contributed by atoms with Crippen molar-refractivity contribution < 1.29 is 14.8 Å². The molecule has 0 radical (unpaired) electrons. The van der Waals surface area contributed by atoms with Crippen molar-refractivity contribution in [2.45, 2.75) is 32.2 Å². The van der Waals surface area contributed by atoms with Crippen LogP contribution in [0.2, 0.25) is 0 Å². The van der Waals surface area contributed by atoms with Crippen LogP contribution in [0.1, 0.15) is 37.0 Å². The van der Waals surface area contributed by atoms with Crippen LogP contribution < -0.4 is 5.32 Å². The summed E-state index contributed by atoms with van der Waals surface area (Å²) in [5, 5.41) is 23.0. The summed E-state index contributed by atoms with van der Waals surface area (Å²) in [6.45, 7) is 4.02. The van der Waals surface area contributed by atoms with Crippen LogP contribution in [-0.4, -0.2) is 21.5 Å². The minimum atomic E-state index is -1.17. The summed E-state index contributed by atoms with van der Waals surface area (Å²) < 4.78 is 0. The van der Waals surface area contributed by atoms with E-state index in [4.69, 9.17) is 5.11 Å². The van der Waals surface area contributed by atoms with Gasteiger partial charge in [-0.3, -0.25) is 10.1 Å². The molecule has 6 heteroatoms. The summed E-state index contributed by atoms with van der Waals surface area (Å²) in [7, 11) is 0. The van der Waals surface area contributed by atoms with Crippen LogP contribution in [0.5, 0.6) is 0 Å². The van der Waals surface area contributed by atoms with Crippen molar-refractivity contribution in [1.29, 1.82) is 0 Å². The van der Waals surface area contributed by atoms with Crippen LogP contribution in [0.25, 0.3) is 0 Å². The summed E-state index contributed by atoms with van der Waals surface area (Å²) in [6.07, 6.45) is 2.24. The van der Waals surface area contributed by atoms with Crippen molar-refractivity contribution >= 4 is 17.3 Å². The van der Waals surface area contributed by atoms with Gasteiger partial charge in [0, 0.05) is 23.4 Å². The molecule has 2 rings (SSSR count). The third-order valence-corrected chi connectivity index (χ3v) is 3.50. The Kier molecular flexibility index (Phi) is 3.18. The third kappa shape index (κ3) is 2.83. The number of nitro benzene ring substituents is 1. The van der Waals surface area contributed by atoms with E-state index >= 15 is 0 Å². The highest BCUT2D eigenvalue weighted by Crippen LogP contribution is 2.41. The van der Waals surface area contributed by atoms with Gasteiger partial charge in [-0.2, -0.15) is 0 Å². The number of hydrogen-bond acceptors (Lipinski definition) is 4. The molecule has 1 aliphatic rings. The number of carboxylic acid groups (broad SMARTS) is 1. The van der Waals surface area contributed by atoms with E-state index in [1.807, 2.05) is 13.8 Å². The van der Waals surface area contributed by atoms with Crippen LogP contribution in [0.4, 0.5) is 11.4 Å². The average molecular weight is 264 g/mol. The Bertz CT molecular complexity index is 535.